The number of benzene rings is 1. The highest BCUT2D eigenvalue weighted by atomic mass is 16.6. The van der Waals surface area contributed by atoms with Gasteiger partial charge in [0, 0.05) is 6.07 Å². The van der Waals surface area contributed by atoms with Gasteiger partial charge in [0.05, 0.1) is 35.3 Å². The summed E-state index contributed by atoms with van der Waals surface area (Å²) in [5.74, 6) is -0.721. The van der Waals surface area contributed by atoms with E-state index in [1.165, 1.54) is 24.4 Å². The Bertz CT molecular complexity index is 653. The molecule has 0 aromatic heterocycles. The van der Waals surface area contributed by atoms with Gasteiger partial charge < -0.3 is 0 Å². The Morgan fingerprint density at radius 1 is 1.52 bits per heavy atom. The van der Waals surface area contributed by atoms with E-state index in [1.807, 2.05) is 0 Å². The Hall–Kier alpha value is -3.10. The third kappa shape index (κ3) is 3.93. The molecule has 0 bridgehead atoms. The molecule has 2 N–H and O–H groups in total. The first-order valence-electron chi connectivity index (χ1n) is 5.96. The van der Waals surface area contributed by atoms with Crippen molar-refractivity contribution in [3.63, 3.8) is 0 Å². The van der Waals surface area contributed by atoms with Crippen molar-refractivity contribution in [3.05, 3.63) is 39.9 Å². The standard InChI is InChI=1S/C12H11N5O4/c18-11(5-9-6-12(19)16-14-9)15-13-7-8-3-1-2-4-10(8)17(20)21/h1-4,7H,5-6H2,(H,15,18)(H,16,19)/b13-7-. The average Bonchev–Trinajstić information content (AvgIpc) is 2.84. The van der Waals surface area contributed by atoms with E-state index in [2.05, 4.69) is 21.1 Å². The van der Waals surface area contributed by atoms with E-state index in [0.29, 0.717) is 5.71 Å². The molecule has 2 rings (SSSR count). The Balaban J connectivity index is 1.92. The number of nitrogens with one attached hydrogen (secondary N) is 2. The highest BCUT2D eigenvalue weighted by molar-refractivity contribution is 6.11. The fraction of sp³-hybridized carbons (Fsp3) is 0.167. The maximum atomic E-state index is 11.5. The summed E-state index contributed by atoms with van der Waals surface area (Å²) < 4.78 is 0. The quantitative estimate of drug-likeness (QED) is 0.459. The van der Waals surface area contributed by atoms with Gasteiger partial charge in [0.25, 0.3) is 5.69 Å². The van der Waals surface area contributed by atoms with Gasteiger partial charge in [-0.05, 0) is 6.07 Å². The minimum atomic E-state index is -0.534. The summed E-state index contributed by atoms with van der Waals surface area (Å²) in [6, 6.07) is 6.02. The summed E-state index contributed by atoms with van der Waals surface area (Å²) >= 11 is 0. The van der Waals surface area contributed by atoms with E-state index in [1.54, 1.807) is 6.07 Å². The molecule has 0 saturated heterocycles. The summed E-state index contributed by atoms with van der Waals surface area (Å²) in [6.45, 7) is 0. The van der Waals surface area contributed by atoms with Crippen LogP contribution in [0.3, 0.4) is 0 Å². The zero-order valence-corrected chi connectivity index (χ0v) is 10.8. The smallest absolute Gasteiger partial charge is 0.273 e. The zero-order chi connectivity index (χ0) is 15.2. The van der Waals surface area contributed by atoms with Crippen LogP contribution in [-0.2, 0) is 9.59 Å². The highest BCUT2D eigenvalue weighted by Crippen LogP contribution is 2.14. The van der Waals surface area contributed by atoms with Crippen LogP contribution in [-0.4, -0.2) is 28.7 Å². The number of hydrogen-bond donors (Lipinski definition) is 2. The van der Waals surface area contributed by atoms with Gasteiger partial charge in [-0.3, -0.25) is 19.7 Å². The van der Waals surface area contributed by atoms with Crippen LogP contribution < -0.4 is 10.9 Å². The number of carbonyl (C=O) groups is 2. The van der Waals surface area contributed by atoms with Crippen molar-refractivity contribution < 1.29 is 14.5 Å². The molecule has 9 nitrogen and oxygen atoms in total. The summed E-state index contributed by atoms with van der Waals surface area (Å²) in [5.41, 5.74) is 5.04. The largest absolute Gasteiger partial charge is 0.278 e. The summed E-state index contributed by atoms with van der Waals surface area (Å²) in [4.78, 5) is 32.7. The number of para-hydroxylation sites is 1. The topological polar surface area (TPSA) is 126 Å². The number of nitro groups is 1. The number of amides is 2. The van der Waals surface area contributed by atoms with Gasteiger partial charge in [-0.15, -0.1) is 0 Å². The van der Waals surface area contributed by atoms with Crippen LogP contribution in [0.2, 0.25) is 0 Å². The Kier molecular flexibility index (Phi) is 4.34. The molecule has 0 radical (unpaired) electrons. The van der Waals surface area contributed by atoms with Crippen molar-refractivity contribution in [2.24, 2.45) is 10.2 Å². The molecule has 0 saturated carbocycles. The van der Waals surface area contributed by atoms with Crippen molar-refractivity contribution in [2.75, 3.05) is 0 Å². The second-order valence-corrected chi connectivity index (χ2v) is 4.18. The van der Waals surface area contributed by atoms with Crippen molar-refractivity contribution >= 4 is 29.4 Å². The first kappa shape index (κ1) is 14.3. The van der Waals surface area contributed by atoms with Gasteiger partial charge in [0.2, 0.25) is 11.8 Å². The summed E-state index contributed by atoms with van der Waals surface area (Å²) in [5, 5.41) is 18.1. The van der Waals surface area contributed by atoms with Gasteiger partial charge in [-0.25, -0.2) is 10.9 Å². The minimum Gasteiger partial charge on any atom is -0.273 e. The first-order valence-corrected chi connectivity index (χ1v) is 5.96. The van der Waals surface area contributed by atoms with Crippen LogP contribution >= 0.6 is 0 Å². The van der Waals surface area contributed by atoms with Gasteiger partial charge in [0.15, 0.2) is 0 Å². The highest BCUT2D eigenvalue weighted by Gasteiger charge is 2.17. The third-order valence-electron chi connectivity index (χ3n) is 2.59. The molecule has 0 unspecified atom stereocenters. The molecule has 1 aliphatic heterocycles. The summed E-state index contributed by atoms with van der Waals surface area (Å²) in [6.07, 6.45) is 1.21. The van der Waals surface area contributed by atoms with Crippen LogP contribution in [0.4, 0.5) is 5.69 Å². The first-order chi connectivity index (χ1) is 10.1. The van der Waals surface area contributed by atoms with Gasteiger partial charge in [0.1, 0.15) is 0 Å². The number of rotatable bonds is 5. The lowest BCUT2D eigenvalue weighted by Crippen LogP contribution is -2.20. The van der Waals surface area contributed by atoms with E-state index in [9.17, 15) is 19.7 Å². The van der Waals surface area contributed by atoms with Gasteiger partial charge in [-0.2, -0.15) is 10.2 Å². The molecule has 0 aliphatic carbocycles. The molecule has 9 heteroatoms. The van der Waals surface area contributed by atoms with Gasteiger partial charge >= 0.3 is 0 Å². The second-order valence-electron chi connectivity index (χ2n) is 4.18. The van der Waals surface area contributed by atoms with Crippen LogP contribution in [0.5, 0.6) is 0 Å². The lowest BCUT2D eigenvalue weighted by atomic mass is 10.2. The van der Waals surface area contributed by atoms with Crippen LogP contribution in [0.15, 0.2) is 34.5 Å². The third-order valence-corrected chi connectivity index (χ3v) is 2.59. The Morgan fingerprint density at radius 2 is 2.29 bits per heavy atom. The van der Waals surface area contributed by atoms with Crippen LogP contribution in [0, 0.1) is 10.1 Å². The van der Waals surface area contributed by atoms with E-state index >= 15 is 0 Å². The number of hydrogen-bond acceptors (Lipinski definition) is 6. The monoisotopic (exact) mass is 289 g/mol. The number of hydrazone groups is 2. The molecule has 108 valence electrons. The summed E-state index contributed by atoms with van der Waals surface area (Å²) in [7, 11) is 0. The second kappa shape index (κ2) is 6.37. The molecule has 1 aromatic rings. The van der Waals surface area contributed by atoms with Crippen molar-refractivity contribution in [1.29, 1.82) is 0 Å². The predicted octanol–water partition coefficient (Wildman–Crippen LogP) is 0.311. The maximum Gasteiger partial charge on any atom is 0.278 e. The Labute approximate surface area is 118 Å². The number of nitrogens with zero attached hydrogens (tertiary/aromatic N) is 3. The number of carbonyl (C=O) groups excluding carboxylic acids is 2. The SMILES string of the molecule is O=C1CC(CC(=O)N/N=C\c2ccccc2[N+](=O)[O-])=NN1. The fourth-order valence-electron chi connectivity index (χ4n) is 1.67. The van der Waals surface area contributed by atoms with E-state index in [-0.39, 0.29) is 30.0 Å². The molecule has 0 spiro atoms. The molecule has 0 atom stereocenters. The van der Waals surface area contributed by atoms with E-state index < -0.39 is 10.8 Å². The van der Waals surface area contributed by atoms with Gasteiger partial charge in [-0.1, -0.05) is 12.1 Å². The molecule has 0 fully saturated rings. The normalized spacial score (nSPS) is 13.9. The fourth-order valence-corrected chi connectivity index (χ4v) is 1.67. The van der Waals surface area contributed by atoms with E-state index in [4.69, 9.17) is 0 Å². The molecule has 21 heavy (non-hydrogen) atoms. The molecule has 1 aromatic carbocycles. The molecular formula is C12H11N5O4. The van der Waals surface area contributed by atoms with Crippen molar-refractivity contribution in [3.8, 4) is 0 Å². The molecule has 2 amide bonds. The van der Waals surface area contributed by atoms with E-state index in [0.717, 1.165) is 0 Å². The lowest BCUT2D eigenvalue weighted by Gasteiger charge is -1.99. The molecule has 1 aliphatic rings. The maximum absolute atomic E-state index is 11.5. The van der Waals surface area contributed by atoms with Crippen LogP contribution in [0.25, 0.3) is 0 Å². The van der Waals surface area contributed by atoms with Crippen molar-refractivity contribution in [2.45, 2.75) is 12.8 Å². The average molecular weight is 289 g/mol. The Morgan fingerprint density at radius 3 is 2.95 bits per heavy atom. The minimum absolute atomic E-state index is 0.0625. The van der Waals surface area contributed by atoms with Crippen molar-refractivity contribution in [1.82, 2.24) is 10.9 Å². The lowest BCUT2D eigenvalue weighted by molar-refractivity contribution is -0.385. The van der Waals surface area contributed by atoms with Crippen LogP contribution in [0.1, 0.15) is 18.4 Å². The molecule has 1 heterocycles. The zero-order valence-electron chi connectivity index (χ0n) is 10.8. The number of nitro benzene ring substituents is 1. The predicted molar refractivity (Wildman–Crippen MR) is 73.6 cm³/mol. The molecular weight excluding hydrogens is 278 g/mol.